The first-order chi connectivity index (χ1) is 9.01. The van der Waals surface area contributed by atoms with Crippen molar-refractivity contribution in [1.29, 1.82) is 0 Å². The van der Waals surface area contributed by atoms with E-state index in [-0.39, 0.29) is 10.6 Å². The number of methoxy groups -OCH3 is 1. The highest BCUT2D eigenvalue weighted by atomic mass is 79.9. The number of carbonyl (C=O) groups is 1. The van der Waals surface area contributed by atoms with E-state index in [1.807, 2.05) is 6.07 Å². The van der Waals surface area contributed by atoms with Gasteiger partial charge < -0.3 is 20.9 Å². The van der Waals surface area contributed by atoms with Crippen LogP contribution in [-0.2, 0) is 4.74 Å². The van der Waals surface area contributed by atoms with Crippen LogP contribution in [0.4, 0.5) is 16.4 Å². The number of hydrogen-bond acceptors (Lipinski definition) is 6. The Morgan fingerprint density at radius 1 is 1.47 bits per heavy atom. The first-order valence-corrected chi connectivity index (χ1v) is 6.85. The number of esters is 1. The second-order valence-electron chi connectivity index (χ2n) is 3.67. The molecule has 100 valence electrons. The summed E-state index contributed by atoms with van der Waals surface area (Å²) in [6.07, 6.45) is 0. The molecular weight excluding hydrogens is 332 g/mol. The molecule has 0 fully saturated rings. The van der Waals surface area contributed by atoms with Gasteiger partial charge in [0.2, 0.25) is 0 Å². The molecule has 19 heavy (non-hydrogen) atoms. The molecule has 2 rings (SSSR count). The molecule has 0 bridgehead atoms. The van der Waals surface area contributed by atoms with Crippen molar-refractivity contribution in [3.8, 4) is 5.75 Å². The zero-order chi connectivity index (χ0) is 14.0. The second kappa shape index (κ2) is 5.50. The quantitative estimate of drug-likeness (QED) is 0.588. The molecule has 1 aromatic heterocycles. The Morgan fingerprint density at radius 2 is 2.21 bits per heavy atom. The number of halogens is 1. The lowest BCUT2D eigenvalue weighted by Crippen LogP contribution is -1.97. The number of rotatable bonds is 3. The number of nitrogens with two attached hydrogens (primary N) is 1. The zero-order valence-electron chi connectivity index (χ0n) is 9.94. The lowest BCUT2D eigenvalue weighted by Gasteiger charge is -2.07. The fourth-order valence-corrected chi connectivity index (χ4v) is 2.72. The summed E-state index contributed by atoms with van der Waals surface area (Å²) >= 11 is 4.42. The van der Waals surface area contributed by atoms with E-state index in [0.717, 1.165) is 15.8 Å². The van der Waals surface area contributed by atoms with Gasteiger partial charge in [0.05, 0.1) is 23.5 Å². The number of hydrogen-bond donors (Lipinski definition) is 3. The van der Waals surface area contributed by atoms with E-state index in [2.05, 4.69) is 26.0 Å². The first-order valence-electron chi connectivity index (χ1n) is 5.24. The molecule has 7 heteroatoms. The molecule has 1 aromatic carbocycles. The minimum atomic E-state index is -0.570. The number of anilines is 3. The van der Waals surface area contributed by atoms with Crippen LogP contribution in [0.3, 0.4) is 0 Å². The minimum absolute atomic E-state index is 0.116. The van der Waals surface area contributed by atoms with Crippen molar-refractivity contribution in [2.24, 2.45) is 0 Å². The molecule has 4 N–H and O–H groups in total. The molecule has 0 aliphatic rings. The van der Waals surface area contributed by atoms with Crippen LogP contribution in [0.15, 0.2) is 28.7 Å². The van der Waals surface area contributed by atoms with Gasteiger partial charge in [-0.25, -0.2) is 4.79 Å². The summed E-state index contributed by atoms with van der Waals surface area (Å²) in [6, 6.07) is 6.86. The predicted octanol–water partition coefficient (Wildman–Crippen LogP) is 3.33. The Bertz CT molecular complexity index is 627. The SMILES string of the molecule is COC(=O)c1sc(Nc2ccc(Br)cc2N)cc1O. The molecule has 0 saturated carbocycles. The number of benzene rings is 1. The summed E-state index contributed by atoms with van der Waals surface area (Å²) < 4.78 is 5.45. The Labute approximate surface area is 122 Å². The highest BCUT2D eigenvalue weighted by molar-refractivity contribution is 9.10. The number of thiophene rings is 1. The third kappa shape index (κ3) is 2.99. The van der Waals surface area contributed by atoms with Gasteiger partial charge in [0.25, 0.3) is 0 Å². The molecule has 5 nitrogen and oxygen atoms in total. The second-order valence-corrected chi connectivity index (χ2v) is 5.64. The molecule has 0 spiro atoms. The molecular formula is C12H11BrN2O3S. The van der Waals surface area contributed by atoms with Gasteiger partial charge in [0.1, 0.15) is 5.75 Å². The normalized spacial score (nSPS) is 10.2. The monoisotopic (exact) mass is 342 g/mol. The molecule has 0 atom stereocenters. The zero-order valence-corrected chi connectivity index (χ0v) is 12.3. The maximum atomic E-state index is 11.4. The Hall–Kier alpha value is -1.73. The van der Waals surface area contributed by atoms with Gasteiger partial charge in [-0.15, -0.1) is 11.3 Å². The van der Waals surface area contributed by atoms with Crippen molar-refractivity contribution in [1.82, 2.24) is 0 Å². The fourth-order valence-electron chi connectivity index (χ4n) is 1.46. The molecule has 0 aliphatic carbocycles. The van der Waals surface area contributed by atoms with Crippen molar-refractivity contribution in [3.63, 3.8) is 0 Å². The van der Waals surface area contributed by atoms with Crippen LogP contribution in [-0.4, -0.2) is 18.2 Å². The summed E-state index contributed by atoms with van der Waals surface area (Å²) in [5.74, 6) is -0.686. The van der Waals surface area contributed by atoms with Crippen molar-refractivity contribution in [3.05, 3.63) is 33.6 Å². The van der Waals surface area contributed by atoms with Gasteiger partial charge in [-0.1, -0.05) is 15.9 Å². The Morgan fingerprint density at radius 3 is 2.84 bits per heavy atom. The Balaban J connectivity index is 2.26. The van der Waals surface area contributed by atoms with Gasteiger partial charge in [-0.3, -0.25) is 0 Å². The Kier molecular flexibility index (Phi) is 3.96. The van der Waals surface area contributed by atoms with Crippen LogP contribution in [0.25, 0.3) is 0 Å². The summed E-state index contributed by atoms with van der Waals surface area (Å²) in [5.41, 5.74) is 7.11. The standard InChI is InChI=1S/C12H11BrN2O3S/c1-18-12(17)11-9(16)5-10(19-11)15-8-3-2-6(13)4-7(8)14/h2-5,15-16H,14H2,1H3. The largest absolute Gasteiger partial charge is 0.506 e. The molecule has 0 saturated heterocycles. The van der Waals surface area contributed by atoms with E-state index in [1.165, 1.54) is 13.2 Å². The van der Waals surface area contributed by atoms with Crippen molar-refractivity contribution in [2.45, 2.75) is 0 Å². The maximum absolute atomic E-state index is 11.4. The average Bonchev–Trinajstić information content (AvgIpc) is 2.73. The van der Waals surface area contributed by atoms with E-state index < -0.39 is 5.97 Å². The number of carbonyl (C=O) groups excluding carboxylic acids is 1. The third-order valence-corrected chi connectivity index (χ3v) is 3.87. The van der Waals surface area contributed by atoms with E-state index in [4.69, 9.17) is 5.73 Å². The van der Waals surface area contributed by atoms with Crippen LogP contribution in [0.5, 0.6) is 5.75 Å². The van der Waals surface area contributed by atoms with Gasteiger partial charge in [0, 0.05) is 10.5 Å². The topological polar surface area (TPSA) is 84.6 Å². The summed E-state index contributed by atoms with van der Waals surface area (Å²) in [7, 11) is 1.27. The van der Waals surface area contributed by atoms with Crippen molar-refractivity contribution in [2.75, 3.05) is 18.2 Å². The number of ether oxygens (including phenoxy) is 1. The third-order valence-electron chi connectivity index (χ3n) is 2.35. The van der Waals surface area contributed by atoms with Gasteiger partial charge in [-0.05, 0) is 18.2 Å². The van der Waals surface area contributed by atoms with Crippen LogP contribution >= 0.6 is 27.3 Å². The molecule has 2 aromatic rings. The van der Waals surface area contributed by atoms with Gasteiger partial charge in [0.15, 0.2) is 4.88 Å². The highest BCUT2D eigenvalue weighted by Gasteiger charge is 2.16. The lowest BCUT2D eigenvalue weighted by atomic mass is 10.3. The van der Waals surface area contributed by atoms with E-state index in [1.54, 1.807) is 12.1 Å². The molecule has 0 amide bonds. The van der Waals surface area contributed by atoms with E-state index in [0.29, 0.717) is 16.4 Å². The van der Waals surface area contributed by atoms with Crippen LogP contribution in [0.2, 0.25) is 0 Å². The van der Waals surface area contributed by atoms with Crippen LogP contribution in [0.1, 0.15) is 9.67 Å². The lowest BCUT2D eigenvalue weighted by molar-refractivity contribution is 0.0603. The minimum Gasteiger partial charge on any atom is -0.506 e. The van der Waals surface area contributed by atoms with Gasteiger partial charge in [-0.2, -0.15) is 0 Å². The molecule has 0 radical (unpaired) electrons. The van der Waals surface area contributed by atoms with Crippen molar-refractivity contribution >= 4 is 49.6 Å². The number of nitrogen functional groups attached to an aromatic ring is 1. The molecule has 1 heterocycles. The predicted molar refractivity (Wildman–Crippen MR) is 79.2 cm³/mol. The summed E-state index contributed by atoms with van der Waals surface area (Å²) in [4.78, 5) is 11.5. The van der Waals surface area contributed by atoms with Gasteiger partial charge >= 0.3 is 5.97 Å². The van der Waals surface area contributed by atoms with Crippen molar-refractivity contribution < 1.29 is 14.6 Å². The first kappa shape index (κ1) is 13.7. The highest BCUT2D eigenvalue weighted by Crippen LogP contribution is 2.36. The summed E-state index contributed by atoms with van der Waals surface area (Å²) in [5, 5.41) is 13.3. The molecule has 0 unspecified atom stereocenters. The van der Waals surface area contributed by atoms with Crippen LogP contribution < -0.4 is 11.1 Å². The van der Waals surface area contributed by atoms with E-state index >= 15 is 0 Å². The fraction of sp³-hybridized carbons (Fsp3) is 0.0833. The summed E-state index contributed by atoms with van der Waals surface area (Å²) in [6.45, 7) is 0. The average molecular weight is 343 g/mol. The maximum Gasteiger partial charge on any atom is 0.351 e. The molecule has 0 aliphatic heterocycles. The number of aromatic hydroxyl groups is 1. The number of nitrogens with one attached hydrogen (secondary N) is 1. The van der Waals surface area contributed by atoms with Crippen LogP contribution in [0, 0.1) is 0 Å². The smallest absolute Gasteiger partial charge is 0.351 e. The van der Waals surface area contributed by atoms with E-state index in [9.17, 15) is 9.90 Å².